The Kier molecular flexibility index (Phi) is 3.23. The summed E-state index contributed by atoms with van der Waals surface area (Å²) in [6.07, 6.45) is 4.55. The average Bonchev–Trinajstić information content (AvgIpc) is 2.29. The summed E-state index contributed by atoms with van der Waals surface area (Å²) in [6, 6.07) is 10.4. The van der Waals surface area contributed by atoms with Gasteiger partial charge in [-0.2, -0.15) is 0 Å². The molecule has 0 aliphatic carbocycles. The van der Waals surface area contributed by atoms with Gasteiger partial charge in [-0.15, -0.1) is 0 Å². The number of benzene rings is 1. The third-order valence-corrected chi connectivity index (χ3v) is 2.68. The van der Waals surface area contributed by atoms with E-state index in [0.29, 0.717) is 0 Å². The van der Waals surface area contributed by atoms with E-state index in [2.05, 4.69) is 55.0 Å². The maximum absolute atomic E-state index is 4.68. The number of rotatable bonds is 2. The Morgan fingerprint density at radius 2 is 1.71 bits per heavy atom. The van der Waals surface area contributed by atoms with E-state index < -0.39 is 0 Å². The molecular formula is C15H18N2. The fourth-order valence-electron chi connectivity index (χ4n) is 1.66. The van der Waals surface area contributed by atoms with Crippen LogP contribution in [0.25, 0.3) is 0 Å². The first kappa shape index (κ1) is 11.8. The van der Waals surface area contributed by atoms with Crippen molar-refractivity contribution in [3.63, 3.8) is 0 Å². The monoisotopic (exact) mass is 226 g/mol. The first-order chi connectivity index (χ1) is 8.05. The van der Waals surface area contributed by atoms with Gasteiger partial charge in [0.15, 0.2) is 0 Å². The van der Waals surface area contributed by atoms with Crippen LogP contribution in [0, 0.1) is 0 Å². The molecule has 1 aromatic carbocycles. The van der Waals surface area contributed by atoms with Crippen LogP contribution in [0.15, 0.2) is 42.7 Å². The van der Waals surface area contributed by atoms with E-state index in [1.165, 1.54) is 5.56 Å². The van der Waals surface area contributed by atoms with E-state index in [1.54, 1.807) is 0 Å². The molecule has 0 N–H and O–H groups in total. The van der Waals surface area contributed by atoms with E-state index in [4.69, 9.17) is 0 Å². The Hall–Kier alpha value is -1.70. The number of aromatic nitrogens is 2. The normalized spacial score (nSPS) is 11.5. The number of nitrogens with zero attached hydrogens (tertiary/aromatic N) is 2. The predicted octanol–water partition coefficient (Wildman–Crippen LogP) is 3.36. The highest BCUT2D eigenvalue weighted by molar-refractivity contribution is 5.21. The molecule has 0 saturated carbocycles. The fraction of sp³-hybridized carbons (Fsp3) is 0.333. The molecule has 1 heterocycles. The highest BCUT2D eigenvalue weighted by Crippen LogP contribution is 2.19. The summed E-state index contributed by atoms with van der Waals surface area (Å²) in [5.41, 5.74) is 3.40. The van der Waals surface area contributed by atoms with Gasteiger partial charge < -0.3 is 0 Å². The minimum Gasteiger partial charge on any atom is -0.261 e. The smallest absolute Gasteiger partial charge is 0.0643 e. The van der Waals surface area contributed by atoms with Crippen molar-refractivity contribution >= 4 is 0 Å². The van der Waals surface area contributed by atoms with Gasteiger partial charge in [0.25, 0.3) is 0 Å². The zero-order chi connectivity index (χ0) is 12.3. The van der Waals surface area contributed by atoms with Gasteiger partial charge >= 0.3 is 0 Å². The molecule has 17 heavy (non-hydrogen) atoms. The molecule has 88 valence electrons. The van der Waals surface area contributed by atoms with Gasteiger partial charge in [0.2, 0.25) is 0 Å². The van der Waals surface area contributed by atoms with Crippen LogP contribution in [0.3, 0.4) is 0 Å². The van der Waals surface area contributed by atoms with Gasteiger partial charge in [0.1, 0.15) is 0 Å². The van der Waals surface area contributed by atoms with Crippen molar-refractivity contribution in [2.24, 2.45) is 0 Å². The summed E-state index contributed by atoms with van der Waals surface area (Å²) in [7, 11) is 0. The van der Waals surface area contributed by atoms with E-state index in [0.717, 1.165) is 17.8 Å². The largest absolute Gasteiger partial charge is 0.261 e. The third-order valence-electron chi connectivity index (χ3n) is 2.68. The number of hydrogen-bond donors (Lipinski definition) is 0. The van der Waals surface area contributed by atoms with Gasteiger partial charge in [0.05, 0.1) is 11.4 Å². The summed E-state index contributed by atoms with van der Waals surface area (Å²) in [6.45, 7) is 6.47. The molecule has 2 nitrogen and oxygen atoms in total. The van der Waals surface area contributed by atoms with Gasteiger partial charge in [-0.05, 0) is 5.56 Å². The maximum atomic E-state index is 4.68. The summed E-state index contributed by atoms with van der Waals surface area (Å²) >= 11 is 0. The van der Waals surface area contributed by atoms with Crippen LogP contribution < -0.4 is 0 Å². The molecule has 1 aromatic heterocycles. The summed E-state index contributed by atoms with van der Waals surface area (Å²) in [5.74, 6) is 0. The predicted molar refractivity (Wildman–Crippen MR) is 70.0 cm³/mol. The molecular weight excluding hydrogens is 208 g/mol. The Balaban J connectivity index is 2.23. The van der Waals surface area contributed by atoms with E-state index >= 15 is 0 Å². The summed E-state index contributed by atoms with van der Waals surface area (Å²) in [4.78, 5) is 8.96. The molecule has 2 heteroatoms. The third kappa shape index (κ3) is 3.13. The standard InChI is InChI=1S/C15H18N2/c1-15(2,3)14-11-16-10-13(17-14)9-12-7-5-4-6-8-12/h4-8,10-11H,9H2,1-3H3. The Bertz CT molecular complexity index is 484. The van der Waals surface area contributed by atoms with Gasteiger partial charge in [-0.1, -0.05) is 51.1 Å². The fourth-order valence-corrected chi connectivity index (χ4v) is 1.66. The molecule has 0 radical (unpaired) electrons. The summed E-state index contributed by atoms with van der Waals surface area (Å²) in [5, 5.41) is 0. The molecule has 0 unspecified atom stereocenters. The molecule has 0 fully saturated rings. The summed E-state index contributed by atoms with van der Waals surface area (Å²) < 4.78 is 0. The second-order valence-electron chi connectivity index (χ2n) is 5.31. The van der Waals surface area contributed by atoms with Crippen molar-refractivity contribution in [3.05, 3.63) is 59.7 Å². The molecule has 2 rings (SSSR count). The zero-order valence-electron chi connectivity index (χ0n) is 10.6. The minimum atomic E-state index is 0.0553. The van der Waals surface area contributed by atoms with Crippen molar-refractivity contribution in [3.8, 4) is 0 Å². The molecule has 0 amide bonds. The molecule has 0 spiro atoms. The molecule has 0 bridgehead atoms. The minimum absolute atomic E-state index is 0.0553. The van der Waals surface area contributed by atoms with Gasteiger partial charge in [-0.3, -0.25) is 9.97 Å². The lowest BCUT2D eigenvalue weighted by molar-refractivity contribution is 0.562. The van der Waals surface area contributed by atoms with Crippen molar-refractivity contribution in [1.82, 2.24) is 9.97 Å². The molecule has 0 saturated heterocycles. The van der Waals surface area contributed by atoms with Crippen LogP contribution in [0.2, 0.25) is 0 Å². The molecule has 0 aliphatic rings. The van der Waals surface area contributed by atoms with Crippen LogP contribution in [-0.2, 0) is 11.8 Å². The topological polar surface area (TPSA) is 25.8 Å². The lowest BCUT2D eigenvalue weighted by Crippen LogP contribution is -2.15. The highest BCUT2D eigenvalue weighted by atomic mass is 14.8. The highest BCUT2D eigenvalue weighted by Gasteiger charge is 2.16. The first-order valence-corrected chi connectivity index (χ1v) is 5.91. The molecule has 0 aliphatic heterocycles. The first-order valence-electron chi connectivity index (χ1n) is 5.91. The SMILES string of the molecule is CC(C)(C)c1cncc(Cc2ccccc2)n1. The van der Waals surface area contributed by atoms with Crippen molar-refractivity contribution in [2.45, 2.75) is 32.6 Å². The second-order valence-corrected chi connectivity index (χ2v) is 5.31. The Morgan fingerprint density at radius 1 is 1.00 bits per heavy atom. The van der Waals surface area contributed by atoms with Crippen molar-refractivity contribution < 1.29 is 0 Å². The molecule has 0 atom stereocenters. The van der Waals surface area contributed by atoms with Gasteiger partial charge in [-0.25, -0.2) is 0 Å². The van der Waals surface area contributed by atoms with Crippen molar-refractivity contribution in [1.29, 1.82) is 0 Å². The lowest BCUT2D eigenvalue weighted by atomic mass is 9.92. The van der Waals surface area contributed by atoms with Gasteiger partial charge in [0, 0.05) is 24.2 Å². The zero-order valence-corrected chi connectivity index (χ0v) is 10.6. The van der Waals surface area contributed by atoms with E-state index in [9.17, 15) is 0 Å². The Morgan fingerprint density at radius 3 is 2.35 bits per heavy atom. The number of hydrogen-bond acceptors (Lipinski definition) is 2. The van der Waals surface area contributed by atoms with Crippen LogP contribution in [0.1, 0.15) is 37.7 Å². The second kappa shape index (κ2) is 4.66. The lowest BCUT2D eigenvalue weighted by Gasteiger charge is -2.17. The molecule has 2 aromatic rings. The van der Waals surface area contributed by atoms with E-state index in [1.807, 2.05) is 18.5 Å². The van der Waals surface area contributed by atoms with Crippen LogP contribution >= 0.6 is 0 Å². The quantitative estimate of drug-likeness (QED) is 0.784. The Labute approximate surface area is 103 Å². The van der Waals surface area contributed by atoms with Crippen molar-refractivity contribution in [2.75, 3.05) is 0 Å². The maximum Gasteiger partial charge on any atom is 0.0643 e. The average molecular weight is 226 g/mol. The van der Waals surface area contributed by atoms with Crippen LogP contribution in [0.5, 0.6) is 0 Å². The van der Waals surface area contributed by atoms with E-state index in [-0.39, 0.29) is 5.41 Å². The van der Waals surface area contributed by atoms with Crippen LogP contribution in [-0.4, -0.2) is 9.97 Å². The van der Waals surface area contributed by atoms with Crippen LogP contribution in [0.4, 0.5) is 0 Å².